The van der Waals surface area contributed by atoms with Crippen LogP contribution in [0.5, 0.6) is 5.75 Å². The molecule has 2 atom stereocenters. The van der Waals surface area contributed by atoms with Crippen LogP contribution in [0.1, 0.15) is 57.4 Å². The van der Waals surface area contributed by atoms with Gasteiger partial charge < -0.3 is 20.1 Å². The third-order valence-electron chi connectivity index (χ3n) is 5.69. The molecule has 2 aromatic carbocycles. The van der Waals surface area contributed by atoms with Crippen LogP contribution in [0.4, 0.5) is 10.5 Å². The van der Waals surface area contributed by atoms with Gasteiger partial charge in [-0.1, -0.05) is 38.5 Å². The number of terminal acetylenes is 1. The van der Waals surface area contributed by atoms with Crippen LogP contribution in [-0.4, -0.2) is 41.6 Å². The number of carbonyl (C=O) groups excluding carboxylic acids is 3. The second-order valence-corrected chi connectivity index (χ2v) is 10.2. The highest BCUT2D eigenvalue weighted by molar-refractivity contribution is 5.99. The molecule has 8 heteroatoms. The number of ether oxygens (including phenoxy) is 2. The summed E-state index contributed by atoms with van der Waals surface area (Å²) in [6, 6.07) is 12.5. The molecule has 2 aromatic rings. The molecule has 0 bridgehead atoms. The number of hydrogen-bond acceptors (Lipinski definition) is 5. The molecule has 0 aliphatic carbocycles. The van der Waals surface area contributed by atoms with Crippen LogP contribution in [0.3, 0.4) is 0 Å². The van der Waals surface area contributed by atoms with Crippen LogP contribution in [0.2, 0.25) is 0 Å². The summed E-state index contributed by atoms with van der Waals surface area (Å²) in [6.07, 6.45) is 5.09. The van der Waals surface area contributed by atoms with E-state index in [4.69, 9.17) is 15.9 Å². The number of hydrogen-bond donors (Lipinski definition) is 2. The molecule has 0 saturated heterocycles. The van der Waals surface area contributed by atoms with E-state index in [-0.39, 0.29) is 5.92 Å². The van der Waals surface area contributed by atoms with E-state index in [1.807, 2.05) is 26.0 Å². The number of alkyl carbamates (subject to hydrolysis) is 1. The van der Waals surface area contributed by atoms with Gasteiger partial charge in [-0.25, -0.2) is 4.79 Å². The zero-order valence-corrected chi connectivity index (χ0v) is 22.8. The highest BCUT2D eigenvalue weighted by atomic mass is 16.6. The lowest BCUT2D eigenvalue weighted by molar-refractivity contribution is -0.137. The van der Waals surface area contributed by atoms with E-state index >= 15 is 0 Å². The minimum atomic E-state index is -1.15. The number of aryl methyl sites for hydroxylation is 2. The monoisotopic (exact) mass is 507 g/mol. The standard InChI is InChI=1S/C29H37N3O5/c1-10-32(27(34)24(18(2)3)31-28(35)37-29(6,7)8)25(21-12-11-19(4)20(5)17-21)26(33)30-22-13-15-23(36-9)16-14-22/h1,11-18,24-25H,2-9H3,(H,30,33)(H,31,35). The highest BCUT2D eigenvalue weighted by Gasteiger charge is 2.37. The first kappa shape index (κ1) is 29.2. The van der Waals surface area contributed by atoms with E-state index in [0.717, 1.165) is 16.0 Å². The summed E-state index contributed by atoms with van der Waals surface area (Å²) in [6.45, 7) is 12.6. The lowest BCUT2D eigenvalue weighted by Crippen LogP contribution is -2.53. The van der Waals surface area contributed by atoms with Crippen molar-refractivity contribution in [1.29, 1.82) is 0 Å². The predicted octanol–water partition coefficient (Wildman–Crippen LogP) is 4.96. The summed E-state index contributed by atoms with van der Waals surface area (Å²) in [4.78, 5) is 40.9. The smallest absolute Gasteiger partial charge is 0.408 e. The van der Waals surface area contributed by atoms with E-state index in [1.165, 1.54) is 0 Å². The average Bonchev–Trinajstić information content (AvgIpc) is 2.81. The lowest BCUT2D eigenvalue weighted by atomic mass is 9.97. The second kappa shape index (κ2) is 12.3. The molecule has 0 saturated carbocycles. The van der Waals surface area contributed by atoms with Crippen molar-refractivity contribution in [3.63, 3.8) is 0 Å². The maximum atomic E-state index is 13.7. The summed E-state index contributed by atoms with van der Waals surface area (Å²) in [5.41, 5.74) is 2.28. The Morgan fingerprint density at radius 1 is 1.00 bits per heavy atom. The Kier molecular flexibility index (Phi) is 9.73. The Balaban J connectivity index is 2.47. The molecular formula is C29H37N3O5. The van der Waals surface area contributed by atoms with Crippen molar-refractivity contribution < 1.29 is 23.9 Å². The first-order chi connectivity index (χ1) is 17.3. The fraction of sp³-hybridized carbons (Fsp3) is 0.414. The molecule has 0 aliphatic heterocycles. The first-order valence-corrected chi connectivity index (χ1v) is 12.1. The first-order valence-electron chi connectivity index (χ1n) is 12.1. The van der Waals surface area contributed by atoms with Crippen molar-refractivity contribution >= 4 is 23.6 Å². The molecule has 37 heavy (non-hydrogen) atoms. The van der Waals surface area contributed by atoms with Crippen LogP contribution in [0, 0.1) is 32.2 Å². The maximum Gasteiger partial charge on any atom is 0.408 e. The number of nitrogens with zero attached hydrogens (tertiary/aromatic N) is 1. The number of benzene rings is 2. The zero-order valence-electron chi connectivity index (χ0n) is 22.8. The van der Waals surface area contributed by atoms with Crippen molar-refractivity contribution in [3.8, 4) is 18.2 Å². The van der Waals surface area contributed by atoms with E-state index in [1.54, 1.807) is 72.1 Å². The predicted molar refractivity (Wildman–Crippen MR) is 144 cm³/mol. The molecule has 2 N–H and O–H groups in total. The van der Waals surface area contributed by atoms with Crippen LogP contribution >= 0.6 is 0 Å². The van der Waals surface area contributed by atoms with Gasteiger partial charge in [-0.15, -0.1) is 0 Å². The van der Waals surface area contributed by atoms with Gasteiger partial charge in [0.25, 0.3) is 11.8 Å². The quantitative estimate of drug-likeness (QED) is 0.389. The molecule has 0 aliphatic rings. The van der Waals surface area contributed by atoms with Gasteiger partial charge >= 0.3 is 6.09 Å². The van der Waals surface area contributed by atoms with Gasteiger partial charge in [0.15, 0.2) is 0 Å². The highest BCUT2D eigenvalue weighted by Crippen LogP contribution is 2.27. The van der Waals surface area contributed by atoms with Crippen molar-refractivity contribution in [3.05, 3.63) is 59.2 Å². The normalized spacial score (nSPS) is 12.6. The second-order valence-electron chi connectivity index (χ2n) is 10.2. The number of amides is 3. The van der Waals surface area contributed by atoms with E-state index in [0.29, 0.717) is 17.0 Å². The topological polar surface area (TPSA) is 97.0 Å². The molecule has 198 valence electrons. The number of methoxy groups -OCH3 is 1. The molecule has 0 spiro atoms. The Morgan fingerprint density at radius 3 is 2.11 bits per heavy atom. The third-order valence-corrected chi connectivity index (χ3v) is 5.69. The van der Waals surface area contributed by atoms with Crippen LogP contribution in [0.15, 0.2) is 42.5 Å². The van der Waals surface area contributed by atoms with Gasteiger partial charge in [0.2, 0.25) is 0 Å². The van der Waals surface area contributed by atoms with Crippen molar-refractivity contribution in [1.82, 2.24) is 10.2 Å². The number of rotatable bonds is 8. The molecular weight excluding hydrogens is 470 g/mol. The van der Waals surface area contributed by atoms with Gasteiger partial charge in [-0.2, -0.15) is 0 Å². The van der Waals surface area contributed by atoms with Crippen LogP contribution < -0.4 is 15.4 Å². The third kappa shape index (κ3) is 8.01. The Bertz CT molecular complexity index is 1160. The largest absolute Gasteiger partial charge is 0.497 e. The van der Waals surface area contributed by atoms with Gasteiger partial charge in [-0.05, 0) is 81.5 Å². The van der Waals surface area contributed by atoms with Crippen LogP contribution in [0.25, 0.3) is 0 Å². The van der Waals surface area contributed by atoms with E-state index < -0.39 is 35.6 Å². The Hall–Kier alpha value is -3.99. The number of carbonyl (C=O) groups is 3. The molecule has 0 fully saturated rings. The summed E-state index contributed by atoms with van der Waals surface area (Å²) < 4.78 is 10.5. The minimum absolute atomic E-state index is 0.332. The number of anilines is 1. The minimum Gasteiger partial charge on any atom is -0.497 e. The maximum absolute atomic E-state index is 13.7. The zero-order chi connectivity index (χ0) is 27.9. The molecule has 3 amide bonds. The van der Waals surface area contributed by atoms with Crippen LogP contribution in [-0.2, 0) is 14.3 Å². The lowest BCUT2D eigenvalue weighted by Gasteiger charge is -2.32. The average molecular weight is 508 g/mol. The number of nitrogens with one attached hydrogen (secondary N) is 2. The van der Waals surface area contributed by atoms with Gasteiger partial charge in [-0.3, -0.25) is 14.5 Å². The van der Waals surface area contributed by atoms with E-state index in [2.05, 4.69) is 16.7 Å². The fourth-order valence-electron chi connectivity index (χ4n) is 3.60. The molecule has 0 aromatic heterocycles. The molecule has 0 heterocycles. The fourth-order valence-corrected chi connectivity index (χ4v) is 3.60. The SMILES string of the molecule is C#CN(C(=O)C(NC(=O)OC(C)(C)C)C(C)C)C(C(=O)Nc1ccc(OC)cc1)c1ccc(C)c(C)c1. The molecule has 8 nitrogen and oxygen atoms in total. The molecule has 0 radical (unpaired) electrons. The molecule has 2 rings (SSSR count). The summed E-state index contributed by atoms with van der Waals surface area (Å²) in [5.74, 6) is -0.797. The van der Waals surface area contributed by atoms with Crippen molar-refractivity contribution in [2.24, 2.45) is 5.92 Å². The Labute approximate surface area is 219 Å². The van der Waals surface area contributed by atoms with Gasteiger partial charge in [0, 0.05) is 11.7 Å². The summed E-state index contributed by atoms with van der Waals surface area (Å²) in [7, 11) is 1.55. The van der Waals surface area contributed by atoms with Crippen molar-refractivity contribution in [2.75, 3.05) is 12.4 Å². The molecule has 2 unspecified atom stereocenters. The summed E-state index contributed by atoms with van der Waals surface area (Å²) >= 11 is 0. The van der Waals surface area contributed by atoms with Gasteiger partial charge in [0.05, 0.1) is 7.11 Å². The van der Waals surface area contributed by atoms with Crippen molar-refractivity contribution in [2.45, 2.75) is 66.2 Å². The summed E-state index contributed by atoms with van der Waals surface area (Å²) in [5, 5.41) is 5.46. The Morgan fingerprint density at radius 2 is 1.62 bits per heavy atom. The van der Waals surface area contributed by atoms with Gasteiger partial charge in [0.1, 0.15) is 23.4 Å². The van der Waals surface area contributed by atoms with E-state index in [9.17, 15) is 14.4 Å².